The predicted molar refractivity (Wildman–Crippen MR) is 152 cm³/mol. The number of carbonyl (C=O) groups excluding carboxylic acids is 2. The third kappa shape index (κ3) is 5.32. The average molecular weight is 555 g/mol. The Kier molecular flexibility index (Phi) is 7.97. The van der Waals surface area contributed by atoms with Crippen LogP contribution >= 0.6 is 34.4 Å². The Balaban J connectivity index is 1.35. The number of esters is 1. The largest absolute Gasteiger partial charge is 0.462 e. The molecule has 10 heteroatoms. The number of rotatable bonds is 8. The van der Waals surface area contributed by atoms with Crippen LogP contribution in [0.1, 0.15) is 66.9 Å². The van der Waals surface area contributed by atoms with Crippen molar-refractivity contribution in [3.63, 3.8) is 0 Å². The summed E-state index contributed by atoms with van der Waals surface area (Å²) in [5, 5.41) is 16.5. The van der Waals surface area contributed by atoms with Crippen molar-refractivity contribution in [2.24, 2.45) is 0 Å². The van der Waals surface area contributed by atoms with Gasteiger partial charge in [-0.2, -0.15) is 0 Å². The normalized spacial score (nSPS) is 13.5. The van der Waals surface area contributed by atoms with E-state index >= 15 is 0 Å². The van der Waals surface area contributed by atoms with E-state index in [0.29, 0.717) is 22.3 Å². The van der Waals surface area contributed by atoms with Crippen molar-refractivity contribution >= 4 is 61.4 Å². The number of thioether (sulfide) groups is 1. The number of hydrogen-bond acceptors (Lipinski definition) is 8. The fourth-order valence-corrected chi connectivity index (χ4v) is 7.82. The summed E-state index contributed by atoms with van der Waals surface area (Å²) < 4.78 is 8.64. The summed E-state index contributed by atoms with van der Waals surface area (Å²) in [7, 11) is 0. The summed E-state index contributed by atoms with van der Waals surface area (Å²) in [5.41, 5.74) is 2.65. The zero-order chi connectivity index (χ0) is 25.9. The number of carbonyl (C=O) groups is 2. The van der Waals surface area contributed by atoms with Crippen LogP contribution in [0.2, 0.25) is 0 Å². The van der Waals surface area contributed by atoms with Gasteiger partial charge in [0.1, 0.15) is 5.00 Å². The molecule has 0 unspecified atom stereocenters. The number of hydrogen-bond donors (Lipinski definition) is 1. The minimum absolute atomic E-state index is 0.123. The van der Waals surface area contributed by atoms with Crippen LogP contribution in [0.15, 0.2) is 34.8 Å². The van der Waals surface area contributed by atoms with E-state index in [2.05, 4.69) is 51.4 Å². The molecule has 5 rings (SSSR count). The number of ether oxygens (including phenoxy) is 1. The van der Waals surface area contributed by atoms with Crippen molar-refractivity contribution in [3.8, 4) is 11.4 Å². The topological polar surface area (TPSA) is 86.1 Å². The molecule has 4 aromatic rings. The first-order valence-corrected chi connectivity index (χ1v) is 15.3. The van der Waals surface area contributed by atoms with Gasteiger partial charge in [0, 0.05) is 31.9 Å². The Bertz CT molecular complexity index is 1440. The lowest BCUT2D eigenvalue weighted by molar-refractivity contribution is -0.113. The second-order valence-electron chi connectivity index (χ2n) is 9.24. The van der Waals surface area contributed by atoms with E-state index in [4.69, 9.17) is 4.74 Å². The van der Waals surface area contributed by atoms with E-state index in [9.17, 15) is 9.59 Å². The van der Waals surface area contributed by atoms with E-state index in [1.54, 1.807) is 18.3 Å². The summed E-state index contributed by atoms with van der Waals surface area (Å²) in [4.78, 5) is 27.1. The highest BCUT2D eigenvalue weighted by molar-refractivity contribution is 7.99. The van der Waals surface area contributed by atoms with Gasteiger partial charge in [0.25, 0.3) is 0 Å². The van der Waals surface area contributed by atoms with Gasteiger partial charge in [0.2, 0.25) is 5.91 Å². The average Bonchev–Trinajstić information content (AvgIpc) is 3.53. The Hall–Kier alpha value is -2.69. The second-order valence-corrected chi connectivity index (χ2v) is 12.2. The Labute approximate surface area is 228 Å². The summed E-state index contributed by atoms with van der Waals surface area (Å²) in [6.07, 6.45) is 5.09. The molecule has 1 N–H and O–H groups in total. The van der Waals surface area contributed by atoms with Crippen molar-refractivity contribution in [2.75, 3.05) is 17.7 Å². The molecule has 0 aliphatic heterocycles. The number of thiophene rings is 2. The Morgan fingerprint density at radius 1 is 1.16 bits per heavy atom. The van der Waals surface area contributed by atoms with Gasteiger partial charge < -0.3 is 10.1 Å². The van der Waals surface area contributed by atoms with E-state index in [1.165, 1.54) is 32.7 Å². The molecule has 0 saturated carbocycles. The van der Waals surface area contributed by atoms with Gasteiger partial charge in [0.15, 0.2) is 11.0 Å². The number of aromatic nitrogens is 3. The fraction of sp³-hybridized carbons (Fsp3) is 0.407. The van der Waals surface area contributed by atoms with E-state index < -0.39 is 0 Å². The lowest BCUT2D eigenvalue weighted by atomic mass is 10.1. The highest BCUT2D eigenvalue weighted by Crippen LogP contribution is 2.39. The van der Waals surface area contributed by atoms with Crippen molar-refractivity contribution in [1.82, 2.24) is 14.8 Å². The summed E-state index contributed by atoms with van der Waals surface area (Å²) in [6, 6.07) is 8.40. The molecular formula is C27H30N4O3S3. The van der Waals surface area contributed by atoms with E-state index in [1.807, 2.05) is 12.1 Å². The van der Waals surface area contributed by atoms with Crippen LogP contribution in [0, 0.1) is 0 Å². The molecule has 3 heterocycles. The summed E-state index contributed by atoms with van der Waals surface area (Å²) in [5.74, 6) is 0.451. The molecular weight excluding hydrogens is 525 g/mol. The number of nitrogens with zero attached hydrogens (tertiary/aromatic N) is 3. The van der Waals surface area contributed by atoms with Crippen LogP contribution < -0.4 is 5.32 Å². The summed E-state index contributed by atoms with van der Waals surface area (Å²) in [6.45, 7) is 6.29. The SMILES string of the molecule is CCOC(=O)c1c(NC(=O)CSc2nnc(-c3csc4ccccc34)n2C(C)C)sc2c1CCCCC2. The Morgan fingerprint density at radius 2 is 1.97 bits per heavy atom. The van der Waals surface area contributed by atoms with E-state index in [-0.39, 0.29) is 23.7 Å². The molecule has 194 valence electrons. The maximum Gasteiger partial charge on any atom is 0.341 e. The highest BCUT2D eigenvalue weighted by Gasteiger charge is 2.27. The zero-order valence-electron chi connectivity index (χ0n) is 21.2. The Morgan fingerprint density at radius 3 is 2.78 bits per heavy atom. The molecule has 3 aromatic heterocycles. The third-order valence-electron chi connectivity index (χ3n) is 6.39. The minimum atomic E-state index is -0.350. The monoisotopic (exact) mass is 554 g/mol. The molecule has 0 bridgehead atoms. The van der Waals surface area contributed by atoms with Gasteiger partial charge in [-0.15, -0.1) is 32.9 Å². The maximum absolute atomic E-state index is 13.1. The number of amides is 1. The van der Waals surface area contributed by atoms with Crippen molar-refractivity contribution in [3.05, 3.63) is 45.6 Å². The second kappa shape index (κ2) is 11.4. The van der Waals surface area contributed by atoms with Gasteiger partial charge >= 0.3 is 5.97 Å². The van der Waals surface area contributed by atoms with Crippen molar-refractivity contribution in [2.45, 2.75) is 64.1 Å². The molecule has 1 aromatic carbocycles. The molecule has 0 saturated heterocycles. The number of nitrogens with one attached hydrogen (secondary N) is 1. The third-order valence-corrected chi connectivity index (χ3v) is 9.50. The molecule has 0 spiro atoms. The lowest BCUT2D eigenvalue weighted by Crippen LogP contribution is -2.17. The molecule has 1 amide bonds. The summed E-state index contributed by atoms with van der Waals surface area (Å²) >= 11 is 4.56. The number of aryl methyl sites for hydroxylation is 1. The number of fused-ring (bicyclic) bond motifs is 2. The smallest absolute Gasteiger partial charge is 0.341 e. The van der Waals surface area contributed by atoms with Crippen molar-refractivity contribution in [1.29, 1.82) is 0 Å². The lowest BCUT2D eigenvalue weighted by Gasteiger charge is -2.13. The predicted octanol–water partition coefficient (Wildman–Crippen LogP) is 6.98. The van der Waals surface area contributed by atoms with Gasteiger partial charge in [-0.25, -0.2) is 4.79 Å². The fourth-order valence-electron chi connectivity index (χ4n) is 4.72. The van der Waals surface area contributed by atoms with Crippen LogP contribution in [0.5, 0.6) is 0 Å². The van der Waals surface area contributed by atoms with Crippen LogP contribution in [-0.4, -0.2) is 39.0 Å². The maximum atomic E-state index is 13.1. The van der Waals surface area contributed by atoms with E-state index in [0.717, 1.165) is 54.4 Å². The quantitative estimate of drug-likeness (QED) is 0.144. The van der Waals surface area contributed by atoms with Crippen LogP contribution in [0.25, 0.3) is 21.5 Å². The molecule has 0 fully saturated rings. The van der Waals surface area contributed by atoms with Crippen LogP contribution in [0.4, 0.5) is 5.00 Å². The molecule has 37 heavy (non-hydrogen) atoms. The van der Waals surface area contributed by atoms with Crippen LogP contribution in [-0.2, 0) is 22.4 Å². The van der Waals surface area contributed by atoms with Crippen LogP contribution in [0.3, 0.4) is 0 Å². The molecule has 1 aliphatic rings. The minimum Gasteiger partial charge on any atom is -0.462 e. The first-order chi connectivity index (χ1) is 18.0. The standard InChI is InChI=1S/C27H30N4O3S3/c1-4-34-26(33)23-18-11-6-5-7-13-21(18)37-25(23)28-22(32)15-36-27-30-29-24(31(27)16(2)3)19-14-35-20-12-9-8-10-17(19)20/h8-10,12,14,16H,4-7,11,13,15H2,1-3H3,(H,28,32). The van der Waals surface area contributed by atoms with Gasteiger partial charge in [-0.1, -0.05) is 36.4 Å². The zero-order valence-corrected chi connectivity index (χ0v) is 23.7. The number of anilines is 1. The highest BCUT2D eigenvalue weighted by atomic mass is 32.2. The van der Waals surface area contributed by atoms with Gasteiger partial charge in [0.05, 0.1) is 17.9 Å². The molecule has 7 nitrogen and oxygen atoms in total. The first-order valence-electron chi connectivity index (χ1n) is 12.6. The first kappa shape index (κ1) is 25.9. The number of benzene rings is 1. The molecule has 0 atom stereocenters. The van der Waals surface area contributed by atoms with Gasteiger partial charge in [-0.05, 0) is 58.1 Å². The molecule has 0 radical (unpaired) electrons. The van der Waals surface area contributed by atoms with Crippen molar-refractivity contribution < 1.29 is 14.3 Å². The molecule has 1 aliphatic carbocycles. The van der Waals surface area contributed by atoms with Gasteiger partial charge in [-0.3, -0.25) is 9.36 Å².